The second-order valence-corrected chi connectivity index (χ2v) is 8.54. The zero-order valence-electron chi connectivity index (χ0n) is 13.3. The molecular weight excluding hydrogens is 392 g/mol. The van der Waals surface area contributed by atoms with Gasteiger partial charge in [-0.05, 0) is 36.4 Å². The molecule has 1 amide bonds. The summed E-state index contributed by atoms with van der Waals surface area (Å²) in [6.45, 7) is 0. The Labute approximate surface area is 159 Å². The normalized spacial score (nSPS) is 11.1. The fourth-order valence-electron chi connectivity index (χ4n) is 1.93. The minimum absolute atomic E-state index is 0.0913. The molecule has 2 heterocycles. The van der Waals surface area contributed by atoms with Crippen LogP contribution in [0.15, 0.2) is 70.2 Å². The zero-order chi connectivity index (χ0) is 18.4. The standard InChI is InChI=1S/C16H14N4O3S3/c21-14(11-25-15-3-1-2-8-17-15)19-12-4-6-13(7-5-12)26(22,23)20-16-18-9-10-24-16/h1-10H,11H2,(H,18,20)(H,19,21). The van der Waals surface area contributed by atoms with Crippen molar-refractivity contribution in [2.24, 2.45) is 0 Å². The molecule has 3 aromatic rings. The molecule has 0 saturated heterocycles. The predicted octanol–water partition coefficient (Wildman–Crippen LogP) is 3.07. The van der Waals surface area contributed by atoms with Crippen LogP contribution in [0.4, 0.5) is 10.8 Å². The molecule has 0 bridgehead atoms. The van der Waals surface area contributed by atoms with E-state index in [2.05, 4.69) is 20.0 Å². The van der Waals surface area contributed by atoms with Gasteiger partial charge in [-0.3, -0.25) is 9.52 Å². The van der Waals surface area contributed by atoms with E-state index in [1.807, 2.05) is 18.2 Å². The largest absolute Gasteiger partial charge is 0.325 e. The molecule has 134 valence electrons. The zero-order valence-corrected chi connectivity index (χ0v) is 15.8. The lowest BCUT2D eigenvalue weighted by Gasteiger charge is -2.08. The number of sulfonamides is 1. The molecule has 2 aromatic heterocycles. The molecule has 3 rings (SSSR count). The number of amides is 1. The van der Waals surface area contributed by atoms with E-state index in [1.165, 1.54) is 41.4 Å². The first-order chi connectivity index (χ1) is 12.5. The van der Waals surface area contributed by atoms with Gasteiger partial charge in [-0.15, -0.1) is 11.3 Å². The van der Waals surface area contributed by atoms with Gasteiger partial charge >= 0.3 is 0 Å². The Morgan fingerprint density at radius 3 is 2.54 bits per heavy atom. The average molecular weight is 407 g/mol. The highest BCUT2D eigenvalue weighted by atomic mass is 32.2. The lowest BCUT2D eigenvalue weighted by atomic mass is 10.3. The van der Waals surface area contributed by atoms with Crippen LogP contribution in [0.3, 0.4) is 0 Å². The number of rotatable bonds is 7. The lowest BCUT2D eigenvalue weighted by Crippen LogP contribution is -2.15. The van der Waals surface area contributed by atoms with Crippen molar-refractivity contribution >= 4 is 49.8 Å². The van der Waals surface area contributed by atoms with Crippen LogP contribution in [0.2, 0.25) is 0 Å². The van der Waals surface area contributed by atoms with Crippen LogP contribution < -0.4 is 10.0 Å². The predicted molar refractivity (Wildman–Crippen MR) is 103 cm³/mol. The molecule has 0 spiro atoms. The fraction of sp³-hybridized carbons (Fsp3) is 0.0625. The van der Waals surface area contributed by atoms with Crippen molar-refractivity contribution in [3.63, 3.8) is 0 Å². The molecule has 7 nitrogen and oxygen atoms in total. The minimum Gasteiger partial charge on any atom is -0.325 e. The summed E-state index contributed by atoms with van der Waals surface area (Å²) < 4.78 is 26.9. The molecule has 2 N–H and O–H groups in total. The molecule has 0 fully saturated rings. The van der Waals surface area contributed by atoms with Crippen molar-refractivity contribution in [3.8, 4) is 0 Å². The number of pyridine rings is 1. The van der Waals surface area contributed by atoms with Crippen LogP contribution >= 0.6 is 23.1 Å². The van der Waals surface area contributed by atoms with E-state index < -0.39 is 10.0 Å². The van der Waals surface area contributed by atoms with Crippen molar-refractivity contribution < 1.29 is 13.2 Å². The molecule has 0 saturated carbocycles. The van der Waals surface area contributed by atoms with Crippen molar-refractivity contribution in [2.45, 2.75) is 9.92 Å². The summed E-state index contributed by atoms with van der Waals surface area (Å²) in [6, 6.07) is 11.4. The summed E-state index contributed by atoms with van der Waals surface area (Å²) in [6.07, 6.45) is 3.18. The van der Waals surface area contributed by atoms with Crippen LogP contribution in [-0.2, 0) is 14.8 Å². The van der Waals surface area contributed by atoms with Crippen molar-refractivity contribution in [1.29, 1.82) is 0 Å². The number of nitrogens with one attached hydrogen (secondary N) is 2. The summed E-state index contributed by atoms with van der Waals surface area (Å²) in [5, 5.41) is 5.46. The van der Waals surface area contributed by atoms with Crippen LogP contribution in [0.25, 0.3) is 0 Å². The molecule has 0 aliphatic rings. The van der Waals surface area contributed by atoms with Crippen molar-refractivity contribution in [3.05, 3.63) is 60.2 Å². The number of carbonyl (C=O) groups excluding carboxylic acids is 1. The molecule has 0 radical (unpaired) electrons. The summed E-state index contributed by atoms with van der Waals surface area (Å²) in [4.78, 5) is 20.1. The maximum atomic E-state index is 12.3. The first-order valence-corrected chi connectivity index (χ1v) is 10.7. The topological polar surface area (TPSA) is 101 Å². The first kappa shape index (κ1) is 18.4. The number of aromatic nitrogens is 2. The van der Waals surface area contributed by atoms with E-state index >= 15 is 0 Å². The minimum atomic E-state index is -3.70. The maximum absolute atomic E-state index is 12.3. The number of hydrogen-bond donors (Lipinski definition) is 2. The fourth-order valence-corrected chi connectivity index (χ4v) is 4.38. The van der Waals surface area contributed by atoms with Gasteiger partial charge in [0.25, 0.3) is 10.0 Å². The van der Waals surface area contributed by atoms with Crippen LogP contribution in [0.1, 0.15) is 0 Å². The highest BCUT2D eigenvalue weighted by Gasteiger charge is 2.15. The number of nitrogens with zero attached hydrogens (tertiary/aromatic N) is 2. The number of thioether (sulfide) groups is 1. The van der Waals surface area contributed by atoms with Gasteiger partial charge < -0.3 is 5.32 Å². The Hall–Kier alpha value is -2.43. The Kier molecular flexibility index (Phi) is 5.86. The number of anilines is 2. The number of carbonyl (C=O) groups is 1. The average Bonchev–Trinajstić information content (AvgIpc) is 3.14. The Morgan fingerprint density at radius 2 is 1.88 bits per heavy atom. The van der Waals surface area contributed by atoms with Gasteiger partial charge in [0.05, 0.1) is 15.7 Å². The summed E-state index contributed by atoms with van der Waals surface area (Å²) in [5.74, 6) is 0.0139. The Balaban J connectivity index is 1.58. The Morgan fingerprint density at radius 1 is 1.08 bits per heavy atom. The summed E-state index contributed by atoms with van der Waals surface area (Å²) >= 11 is 2.52. The van der Waals surface area contributed by atoms with Crippen molar-refractivity contribution in [1.82, 2.24) is 9.97 Å². The first-order valence-electron chi connectivity index (χ1n) is 7.39. The van der Waals surface area contributed by atoms with Gasteiger partial charge in [0, 0.05) is 23.5 Å². The van der Waals surface area contributed by atoms with Gasteiger partial charge in [0.2, 0.25) is 5.91 Å². The second kappa shape index (κ2) is 8.30. The highest BCUT2D eigenvalue weighted by Crippen LogP contribution is 2.20. The molecular formula is C16H14N4O3S3. The number of benzene rings is 1. The third-order valence-electron chi connectivity index (χ3n) is 3.09. The quantitative estimate of drug-likeness (QED) is 0.585. The highest BCUT2D eigenvalue weighted by molar-refractivity contribution is 7.99. The van der Waals surface area contributed by atoms with E-state index in [0.717, 1.165) is 5.03 Å². The van der Waals surface area contributed by atoms with Gasteiger partial charge in [-0.1, -0.05) is 17.8 Å². The third kappa shape index (κ3) is 5.04. The molecule has 0 unspecified atom stereocenters. The number of thiazole rings is 1. The molecule has 0 aliphatic heterocycles. The van der Waals surface area contributed by atoms with E-state index in [9.17, 15) is 13.2 Å². The van der Waals surface area contributed by atoms with Crippen molar-refractivity contribution in [2.75, 3.05) is 15.8 Å². The molecule has 1 aromatic carbocycles. The summed E-state index contributed by atoms with van der Waals surface area (Å²) in [7, 11) is -3.70. The van der Waals surface area contributed by atoms with E-state index in [-0.39, 0.29) is 16.6 Å². The van der Waals surface area contributed by atoms with Crippen LogP contribution in [-0.4, -0.2) is 30.0 Å². The molecule has 10 heteroatoms. The molecule has 0 aliphatic carbocycles. The Bertz CT molecular complexity index is 960. The SMILES string of the molecule is O=C(CSc1ccccn1)Nc1ccc(S(=O)(=O)Nc2nccs2)cc1. The van der Waals surface area contributed by atoms with Crippen LogP contribution in [0, 0.1) is 0 Å². The maximum Gasteiger partial charge on any atom is 0.263 e. The van der Waals surface area contributed by atoms with E-state index in [1.54, 1.807) is 23.7 Å². The third-order valence-corrected chi connectivity index (χ3v) is 6.21. The monoisotopic (exact) mass is 406 g/mol. The number of hydrogen-bond acceptors (Lipinski definition) is 7. The van der Waals surface area contributed by atoms with Gasteiger partial charge in [0.15, 0.2) is 5.13 Å². The van der Waals surface area contributed by atoms with E-state index in [4.69, 9.17) is 0 Å². The molecule has 26 heavy (non-hydrogen) atoms. The molecule has 0 atom stereocenters. The van der Waals surface area contributed by atoms with Gasteiger partial charge in [-0.25, -0.2) is 18.4 Å². The van der Waals surface area contributed by atoms with Gasteiger partial charge in [-0.2, -0.15) is 0 Å². The smallest absolute Gasteiger partial charge is 0.263 e. The van der Waals surface area contributed by atoms with Crippen LogP contribution in [0.5, 0.6) is 0 Å². The summed E-state index contributed by atoms with van der Waals surface area (Å²) in [5.41, 5.74) is 0.518. The van der Waals surface area contributed by atoms with Gasteiger partial charge in [0.1, 0.15) is 0 Å². The lowest BCUT2D eigenvalue weighted by molar-refractivity contribution is -0.113. The van der Waals surface area contributed by atoms with E-state index in [0.29, 0.717) is 10.8 Å². The second-order valence-electron chi connectivity index (χ2n) is 4.97.